The molecule has 8 atom stereocenters. The average Bonchev–Trinajstić information content (AvgIpc) is 2.65. The largest absolute Gasteiger partial charge is 0.381 e. The van der Waals surface area contributed by atoms with Gasteiger partial charge in [-0.2, -0.15) is 0 Å². The molecule has 25 heavy (non-hydrogen) atoms. The van der Waals surface area contributed by atoms with Crippen LogP contribution >= 0.6 is 11.6 Å². The van der Waals surface area contributed by atoms with Crippen molar-refractivity contribution in [1.29, 1.82) is 0 Å². The molecule has 0 bridgehead atoms. The van der Waals surface area contributed by atoms with E-state index in [1.165, 1.54) is 0 Å². The van der Waals surface area contributed by atoms with Gasteiger partial charge in [0.1, 0.15) is 12.4 Å². The maximum Gasteiger partial charge on any atom is 0.166 e. The van der Waals surface area contributed by atoms with E-state index in [0.29, 0.717) is 12.8 Å². The molecule has 2 aliphatic carbocycles. The number of piperidine rings is 1. The van der Waals surface area contributed by atoms with Gasteiger partial charge in [0, 0.05) is 32.6 Å². The quantitative estimate of drug-likeness (QED) is 0.579. The van der Waals surface area contributed by atoms with Crippen LogP contribution in [0.1, 0.15) is 32.1 Å². The maximum atomic E-state index is 12.9. The van der Waals surface area contributed by atoms with Crippen LogP contribution in [0.5, 0.6) is 0 Å². The summed E-state index contributed by atoms with van der Waals surface area (Å²) in [4.78, 5) is 24.6. The zero-order chi connectivity index (χ0) is 18.0. The minimum absolute atomic E-state index is 0.0102. The van der Waals surface area contributed by atoms with Gasteiger partial charge in [0.25, 0.3) is 0 Å². The van der Waals surface area contributed by atoms with Gasteiger partial charge in [0.15, 0.2) is 5.78 Å². The average molecular weight is 374 g/mol. The smallest absolute Gasteiger partial charge is 0.166 e. The summed E-state index contributed by atoms with van der Waals surface area (Å²) in [6.45, 7) is 0.977. The molecule has 0 aromatic heterocycles. The number of carbonyl (C=O) groups is 2. The van der Waals surface area contributed by atoms with Crippen LogP contribution in [-0.4, -0.2) is 68.7 Å². The second kappa shape index (κ2) is 8.44. The zero-order valence-electron chi connectivity index (χ0n) is 14.9. The lowest BCUT2D eigenvalue weighted by molar-refractivity contribution is -0.165. The van der Waals surface area contributed by atoms with Crippen molar-refractivity contribution in [2.24, 2.45) is 11.8 Å². The Bertz CT molecular complexity index is 490. The van der Waals surface area contributed by atoms with Crippen LogP contribution in [0.4, 0.5) is 0 Å². The molecule has 0 radical (unpaired) electrons. The monoisotopic (exact) mass is 373 g/mol. The van der Waals surface area contributed by atoms with Gasteiger partial charge >= 0.3 is 0 Å². The fraction of sp³-hybridized carbons (Fsp3) is 0.889. The van der Waals surface area contributed by atoms with E-state index in [-0.39, 0.29) is 30.0 Å². The molecular weight excluding hydrogens is 346 g/mol. The molecule has 142 valence electrons. The standard InChI is InChI=1S/C18H28ClNO5/c1-23-14-8-15(24-2)16(19)18(11(14)9-21)25-13-6-5-12-10(17(13)22)4-3-7-20-12/h9-16,18,20H,3-8H2,1-2H3. The van der Waals surface area contributed by atoms with Crippen molar-refractivity contribution in [3.63, 3.8) is 0 Å². The number of Topliss-reactive ketones (excluding diaryl/α,β-unsaturated/α-hetero) is 1. The highest BCUT2D eigenvalue weighted by Crippen LogP contribution is 2.37. The molecule has 1 aliphatic heterocycles. The first-order valence-corrected chi connectivity index (χ1v) is 9.61. The van der Waals surface area contributed by atoms with Crippen LogP contribution in [0.15, 0.2) is 0 Å². The van der Waals surface area contributed by atoms with Gasteiger partial charge in [-0.15, -0.1) is 11.6 Å². The molecule has 6 nitrogen and oxygen atoms in total. The predicted octanol–water partition coefficient (Wildman–Crippen LogP) is 1.33. The van der Waals surface area contributed by atoms with E-state index in [0.717, 1.165) is 32.1 Å². The van der Waals surface area contributed by atoms with Crippen molar-refractivity contribution < 1.29 is 23.8 Å². The summed E-state index contributed by atoms with van der Waals surface area (Å²) < 4.78 is 17.1. The second-order valence-corrected chi connectivity index (χ2v) is 7.82. The summed E-state index contributed by atoms with van der Waals surface area (Å²) in [6.07, 6.45) is 3.21. The van der Waals surface area contributed by atoms with Crippen molar-refractivity contribution in [2.45, 2.75) is 67.9 Å². The topological polar surface area (TPSA) is 73.9 Å². The van der Waals surface area contributed by atoms with Crippen LogP contribution in [0.25, 0.3) is 0 Å². The van der Waals surface area contributed by atoms with Gasteiger partial charge in [-0.05, 0) is 32.2 Å². The molecule has 3 rings (SSSR count). The Hall–Kier alpha value is -0.530. The molecule has 1 heterocycles. The third kappa shape index (κ3) is 3.78. The molecule has 0 aromatic carbocycles. The Balaban J connectivity index is 1.74. The summed E-state index contributed by atoms with van der Waals surface area (Å²) in [5, 5.41) is 2.95. The third-order valence-electron chi connectivity index (χ3n) is 6.03. The summed E-state index contributed by atoms with van der Waals surface area (Å²) in [6, 6.07) is 0.263. The maximum absolute atomic E-state index is 12.9. The third-order valence-corrected chi connectivity index (χ3v) is 6.56. The molecule has 8 unspecified atom stereocenters. The van der Waals surface area contributed by atoms with E-state index >= 15 is 0 Å². The summed E-state index contributed by atoms with van der Waals surface area (Å²) >= 11 is 6.56. The van der Waals surface area contributed by atoms with Crippen molar-refractivity contribution in [3.8, 4) is 0 Å². The van der Waals surface area contributed by atoms with Gasteiger partial charge in [0.05, 0.1) is 29.6 Å². The molecule has 2 saturated carbocycles. The molecule has 0 amide bonds. The fourth-order valence-electron chi connectivity index (χ4n) is 4.60. The first kappa shape index (κ1) is 19.2. The van der Waals surface area contributed by atoms with Gasteiger partial charge < -0.3 is 24.3 Å². The van der Waals surface area contributed by atoms with Crippen molar-refractivity contribution in [2.75, 3.05) is 20.8 Å². The highest BCUT2D eigenvalue weighted by atomic mass is 35.5. The lowest BCUT2D eigenvalue weighted by Gasteiger charge is -2.44. The van der Waals surface area contributed by atoms with Gasteiger partial charge in [-0.25, -0.2) is 0 Å². The molecule has 1 N–H and O–H groups in total. The first-order chi connectivity index (χ1) is 12.1. The number of rotatable bonds is 5. The van der Waals surface area contributed by atoms with E-state index in [1.807, 2.05) is 0 Å². The Labute approximate surface area is 153 Å². The number of ketones is 1. The Morgan fingerprint density at radius 1 is 1.16 bits per heavy atom. The van der Waals surface area contributed by atoms with Crippen molar-refractivity contribution in [3.05, 3.63) is 0 Å². The highest BCUT2D eigenvalue weighted by Gasteiger charge is 2.48. The molecule has 3 aliphatic rings. The van der Waals surface area contributed by atoms with E-state index in [2.05, 4.69) is 5.32 Å². The number of ether oxygens (including phenoxy) is 3. The van der Waals surface area contributed by atoms with Crippen molar-refractivity contribution >= 4 is 23.7 Å². The minimum atomic E-state index is -0.579. The lowest BCUT2D eigenvalue weighted by atomic mass is 9.76. The van der Waals surface area contributed by atoms with Crippen molar-refractivity contribution in [1.82, 2.24) is 5.32 Å². The van der Waals surface area contributed by atoms with E-state index in [9.17, 15) is 9.59 Å². The minimum Gasteiger partial charge on any atom is -0.381 e. The molecule has 0 aromatic rings. The molecule has 3 fully saturated rings. The molecule has 1 saturated heterocycles. The molecule has 0 spiro atoms. The Morgan fingerprint density at radius 2 is 1.92 bits per heavy atom. The number of hydrogen-bond donors (Lipinski definition) is 1. The van der Waals surface area contributed by atoms with Crippen LogP contribution < -0.4 is 5.32 Å². The number of hydrogen-bond acceptors (Lipinski definition) is 6. The lowest BCUT2D eigenvalue weighted by Crippen LogP contribution is -2.57. The molecule has 7 heteroatoms. The highest BCUT2D eigenvalue weighted by molar-refractivity contribution is 6.21. The van der Waals surface area contributed by atoms with Crippen LogP contribution in [0.3, 0.4) is 0 Å². The number of halogens is 1. The summed E-state index contributed by atoms with van der Waals surface area (Å²) in [7, 11) is 3.17. The van der Waals surface area contributed by atoms with Gasteiger partial charge in [-0.3, -0.25) is 4.79 Å². The molecular formula is C18H28ClNO5. The number of alkyl halides is 1. The predicted molar refractivity (Wildman–Crippen MR) is 92.8 cm³/mol. The number of nitrogens with one attached hydrogen (secondary N) is 1. The summed E-state index contributed by atoms with van der Waals surface area (Å²) in [5.41, 5.74) is 0. The van der Waals surface area contributed by atoms with E-state index < -0.39 is 23.5 Å². The van der Waals surface area contributed by atoms with Crippen LogP contribution in [-0.2, 0) is 23.8 Å². The number of aldehydes is 1. The van der Waals surface area contributed by atoms with Crippen LogP contribution in [0, 0.1) is 11.8 Å². The first-order valence-electron chi connectivity index (χ1n) is 9.18. The Kier molecular flexibility index (Phi) is 6.49. The van der Waals surface area contributed by atoms with Gasteiger partial charge in [0.2, 0.25) is 0 Å². The van der Waals surface area contributed by atoms with E-state index in [1.54, 1.807) is 14.2 Å². The normalized spacial score (nSPS) is 45.0. The number of methoxy groups -OCH3 is 2. The Morgan fingerprint density at radius 3 is 2.60 bits per heavy atom. The van der Waals surface area contributed by atoms with Gasteiger partial charge in [-0.1, -0.05) is 0 Å². The second-order valence-electron chi connectivity index (χ2n) is 7.32. The zero-order valence-corrected chi connectivity index (χ0v) is 15.6. The number of carbonyl (C=O) groups excluding carboxylic acids is 2. The number of fused-ring (bicyclic) bond motifs is 1. The van der Waals surface area contributed by atoms with E-state index in [4.69, 9.17) is 25.8 Å². The summed E-state index contributed by atoms with van der Waals surface area (Å²) in [5.74, 6) is -0.338. The fourth-order valence-corrected chi connectivity index (χ4v) is 5.03. The SMILES string of the molecule is COC1CC(OC)C(C=O)C(OC2CCC3NCCCC3C2=O)C1Cl. The van der Waals surface area contributed by atoms with Crippen LogP contribution in [0.2, 0.25) is 0 Å².